The van der Waals surface area contributed by atoms with E-state index < -0.39 is 0 Å². The minimum absolute atomic E-state index is 0.729. The van der Waals surface area contributed by atoms with Gasteiger partial charge in [-0.1, -0.05) is 83.1 Å². The molecule has 0 saturated heterocycles. The highest BCUT2D eigenvalue weighted by atomic mass is 35.5. The molecule has 2 aromatic rings. The minimum atomic E-state index is 0.729. The molecule has 0 amide bonds. The first kappa shape index (κ1) is 26.7. The van der Waals surface area contributed by atoms with E-state index in [0.29, 0.717) is 0 Å². The number of hydrogen-bond acceptors (Lipinski definition) is 3. The van der Waals surface area contributed by atoms with E-state index in [1.165, 1.54) is 10.5 Å². The second kappa shape index (κ2) is 14.7. The van der Waals surface area contributed by atoms with Gasteiger partial charge in [0.15, 0.2) is 0 Å². The Kier molecular flexibility index (Phi) is 14.0. The van der Waals surface area contributed by atoms with Gasteiger partial charge in [0.05, 0.1) is 5.69 Å². The normalized spacial score (nSPS) is 11.4. The summed E-state index contributed by atoms with van der Waals surface area (Å²) in [6.45, 7) is 15.8. The van der Waals surface area contributed by atoms with Gasteiger partial charge in [0.1, 0.15) is 0 Å². The van der Waals surface area contributed by atoms with E-state index in [4.69, 9.17) is 11.6 Å². The Balaban J connectivity index is 0.000000557. The molecule has 2 aromatic carbocycles. The van der Waals surface area contributed by atoms with Crippen LogP contribution in [0.2, 0.25) is 5.02 Å². The number of benzene rings is 2. The molecular formula is C24H37ClN2S. The van der Waals surface area contributed by atoms with E-state index >= 15 is 0 Å². The van der Waals surface area contributed by atoms with Crippen molar-refractivity contribution in [3.63, 3.8) is 0 Å². The van der Waals surface area contributed by atoms with Gasteiger partial charge < -0.3 is 4.90 Å². The van der Waals surface area contributed by atoms with Gasteiger partial charge in [-0.25, -0.2) is 0 Å². The van der Waals surface area contributed by atoms with Crippen molar-refractivity contribution in [3.05, 3.63) is 53.1 Å². The van der Waals surface area contributed by atoms with Crippen LogP contribution >= 0.6 is 23.4 Å². The van der Waals surface area contributed by atoms with Crippen LogP contribution in [0.3, 0.4) is 0 Å². The molecule has 3 rings (SSSR count). The predicted octanol–water partition coefficient (Wildman–Crippen LogP) is 8.20. The van der Waals surface area contributed by atoms with Gasteiger partial charge in [0.25, 0.3) is 0 Å². The van der Waals surface area contributed by atoms with Crippen LogP contribution in [-0.2, 0) is 0 Å². The van der Waals surface area contributed by atoms with E-state index in [9.17, 15) is 0 Å². The molecular weight excluding hydrogens is 384 g/mol. The molecule has 0 atom stereocenters. The Hall–Kier alpha value is -1.29. The first-order chi connectivity index (χ1) is 13.2. The summed E-state index contributed by atoms with van der Waals surface area (Å²) in [6, 6.07) is 14.2. The van der Waals surface area contributed by atoms with Gasteiger partial charge in [-0.15, -0.1) is 0 Å². The van der Waals surface area contributed by atoms with Crippen molar-refractivity contribution in [1.82, 2.24) is 4.90 Å². The van der Waals surface area contributed by atoms with Crippen molar-refractivity contribution >= 4 is 34.8 Å². The molecule has 4 heteroatoms. The fourth-order valence-electron chi connectivity index (χ4n) is 1.88. The van der Waals surface area contributed by atoms with Gasteiger partial charge in [0.2, 0.25) is 0 Å². The van der Waals surface area contributed by atoms with E-state index in [-0.39, 0.29) is 0 Å². The Morgan fingerprint density at radius 1 is 1.00 bits per heavy atom. The zero-order valence-corrected chi connectivity index (χ0v) is 20.6. The monoisotopic (exact) mass is 420 g/mol. The fraction of sp³-hybridized carbons (Fsp3) is 0.458. The lowest BCUT2D eigenvalue weighted by molar-refractivity contribution is 0.434. The number of nitrogens with zero attached hydrogens (tertiary/aromatic N) is 2. The Bertz CT molecular complexity index is 722. The maximum atomic E-state index is 6.01. The van der Waals surface area contributed by atoms with Crippen LogP contribution in [-0.4, -0.2) is 31.3 Å². The van der Waals surface area contributed by atoms with Crippen molar-refractivity contribution in [2.24, 2.45) is 10.9 Å². The van der Waals surface area contributed by atoms with E-state index in [0.717, 1.165) is 33.8 Å². The molecule has 0 aromatic heterocycles. The van der Waals surface area contributed by atoms with Crippen molar-refractivity contribution in [2.75, 3.05) is 20.6 Å². The molecule has 0 aliphatic carbocycles. The summed E-state index contributed by atoms with van der Waals surface area (Å²) in [5.74, 6) is 0.833. The number of aliphatic imine (C=N–C) groups is 1. The lowest BCUT2D eigenvalue weighted by Gasteiger charge is -2.04. The van der Waals surface area contributed by atoms with Crippen LogP contribution in [0.5, 0.6) is 0 Å². The molecule has 0 saturated carbocycles. The highest BCUT2D eigenvalue weighted by molar-refractivity contribution is 7.99. The summed E-state index contributed by atoms with van der Waals surface area (Å²) < 4.78 is 0. The molecule has 1 aliphatic rings. The molecule has 1 heterocycles. The maximum Gasteiger partial charge on any atom is 0.0787 e. The third-order valence-electron chi connectivity index (χ3n) is 3.34. The fourth-order valence-corrected chi connectivity index (χ4v) is 3.10. The molecule has 0 fully saturated rings. The Labute approximate surface area is 182 Å². The van der Waals surface area contributed by atoms with Gasteiger partial charge in [0, 0.05) is 26.1 Å². The van der Waals surface area contributed by atoms with Crippen LogP contribution in [0.25, 0.3) is 0 Å². The highest BCUT2D eigenvalue weighted by Crippen LogP contribution is 2.41. The molecule has 0 unspecified atom stereocenters. The van der Waals surface area contributed by atoms with E-state index in [1.54, 1.807) is 11.8 Å². The van der Waals surface area contributed by atoms with Crippen LogP contribution < -0.4 is 0 Å². The smallest absolute Gasteiger partial charge is 0.0787 e. The highest BCUT2D eigenvalue weighted by Gasteiger charge is 2.14. The minimum Gasteiger partial charge on any atom is -0.310 e. The predicted molar refractivity (Wildman–Crippen MR) is 130 cm³/mol. The summed E-state index contributed by atoms with van der Waals surface area (Å²) in [5, 5.41) is 0.729. The van der Waals surface area contributed by atoms with Crippen molar-refractivity contribution in [3.8, 4) is 0 Å². The third-order valence-corrected chi connectivity index (χ3v) is 4.71. The van der Waals surface area contributed by atoms with Crippen LogP contribution in [0.15, 0.2) is 57.2 Å². The summed E-state index contributed by atoms with van der Waals surface area (Å²) in [7, 11) is 4.11. The summed E-state index contributed by atoms with van der Waals surface area (Å²) >= 11 is 7.75. The lowest BCUT2D eigenvalue weighted by atomic mass is 10.1. The average molecular weight is 421 g/mol. The quantitative estimate of drug-likeness (QED) is 0.461. The van der Waals surface area contributed by atoms with Gasteiger partial charge >= 0.3 is 0 Å². The summed E-state index contributed by atoms with van der Waals surface area (Å²) in [6.07, 6.45) is 0. The number of hydrogen-bond donors (Lipinski definition) is 0. The molecule has 1 aliphatic heterocycles. The van der Waals surface area contributed by atoms with Gasteiger partial charge in [-0.05, 0) is 57.7 Å². The Morgan fingerprint density at radius 2 is 1.54 bits per heavy atom. The Morgan fingerprint density at radius 3 is 2.07 bits per heavy atom. The summed E-state index contributed by atoms with van der Waals surface area (Å²) in [5.41, 5.74) is 3.19. The molecule has 156 valence electrons. The molecule has 0 bridgehead atoms. The SMILES string of the molecule is CC.CC(C)C.CC1=Nc2cc(Cl)ccc2Sc2ccccc21.CCN(C)C. The van der Waals surface area contributed by atoms with Crippen molar-refractivity contribution < 1.29 is 0 Å². The van der Waals surface area contributed by atoms with Crippen LogP contribution in [0, 0.1) is 5.92 Å². The first-order valence-corrected chi connectivity index (χ1v) is 11.2. The zero-order valence-electron chi connectivity index (χ0n) is 19.0. The molecule has 28 heavy (non-hydrogen) atoms. The number of rotatable bonds is 1. The zero-order chi connectivity index (χ0) is 21.7. The van der Waals surface area contributed by atoms with Crippen LogP contribution in [0.1, 0.15) is 54.0 Å². The second-order valence-corrected chi connectivity index (χ2v) is 8.56. The van der Waals surface area contributed by atoms with E-state index in [1.807, 2.05) is 45.0 Å². The van der Waals surface area contributed by atoms with Crippen molar-refractivity contribution in [1.29, 1.82) is 0 Å². The molecule has 0 N–H and O–H groups in total. The summed E-state index contributed by atoms with van der Waals surface area (Å²) in [4.78, 5) is 9.17. The standard InChI is InChI=1S/C14H10ClNS.C4H11N.C4H10.C2H6/c1-9-11-4-2-3-5-13(11)17-14-7-6-10(15)8-12(14)16-9;1-4-5(2)3;1-4(2)3;1-2/h2-8H,1H3;4H2,1-3H3;4H,1-3H3;1-2H3. The maximum absolute atomic E-state index is 6.01. The number of halogens is 1. The topological polar surface area (TPSA) is 15.6 Å². The number of fused-ring (bicyclic) bond motifs is 2. The second-order valence-electron chi connectivity index (χ2n) is 7.04. The van der Waals surface area contributed by atoms with Gasteiger partial charge in [-0.2, -0.15) is 0 Å². The molecule has 0 radical (unpaired) electrons. The van der Waals surface area contributed by atoms with Gasteiger partial charge in [-0.3, -0.25) is 4.99 Å². The lowest BCUT2D eigenvalue weighted by Crippen LogP contribution is -2.08. The first-order valence-electron chi connectivity index (χ1n) is 10.0. The van der Waals surface area contributed by atoms with E-state index in [2.05, 4.69) is 69.9 Å². The third kappa shape index (κ3) is 10.3. The molecule has 2 nitrogen and oxygen atoms in total. The molecule has 0 spiro atoms. The largest absolute Gasteiger partial charge is 0.310 e. The van der Waals surface area contributed by atoms with Crippen molar-refractivity contribution in [2.45, 2.75) is 58.3 Å². The average Bonchev–Trinajstić information content (AvgIpc) is 2.79. The van der Waals surface area contributed by atoms with Crippen LogP contribution in [0.4, 0.5) is 5.69 Å².